The van der Waals surface area contributed by atoms with E-state index in [2.05, 4.69) is 6.58 Å². The zero-order valence-electron chi connectivity index (χ0n) is 13.8. The number of hydrogen-bond donors (Lipinski definition) is 2. The maximum Gasteiger partial charge on any atom is 0.168 e. The smallest absolute Gasteiger partial charge is 0.168 e. The summed E-state index contributed by atoms with van der Waals surface area (Å²) in [6.45, 7) is 6.01. The van der Waals surface area contributed by atoms with Crippen LogP contribution in [-0.2, 0) is 12.0 Å². The summed E-state index contributed by atoms with van der Waals surface area (Å²) >= 11 is 0. The number of benzene rings is 2. The standard InChI is InChI=1S/C20H18O5/c1-10(2)15-6-11-5-13-17(8-16(11)24-15)23-9-20(22)14-4-3-12(21)7-18(14)25-19(13)20/h3-5,7-8,15,19,21-22H,1,6,9H2,2H3/t15-,19+,20-/m1/s1. The summed E-state index contributed by atoms with van der Waals surface area (Å²) in [6.07, 6.45) is 0.148. The van der Waals surface area contributed by atoms with E-state index in [-0.39, 0.29) is 18.5 Å². The molecule has 0 saturated heterocycles. The van der Waals surface area contributed by atoms with Gasteiger partial charge in [-0.1, -0.05) is 6.58 Å². The maximum absolute atomic E-state index is 11.2. The molecule has 2 N–H and O–H groups in total. The Morgan fingerprint density at radius 1 is 1.16 bits per heavy atom. The Labute approximate surface area is 145 Å². The van der Waals surface area contributed by atoms with Gasteiger partial charge in [-0.15, -0.1) is 0 Å². The van der Waals surface area contributed by atoms with Crippen molar-refractivity contribution < 1.29 is 24.4 Å². The van der Waals surface area contributed by atoms with Crippen molar-refractivity contribution >= 4 is 0 Å². The van der Waals surface area contributed by atoms with Crippen LogP contribution in [0.2, 0.25) is 0 Å². The Morgan fingerprint density at radius 2 is 2.00 bits per heavy atom. The number of aliphatic hydroxyl groups is 1. The zero-order chi connectivity index (χ0) is 17.3. The molecule has 0 aromatic heterocycles. The first kappa shape index (κ1) is 14.7. The van der Waals surface area contributed by atoms with E-state index in [4.69, 9.17) is 14.2 Å². The number of aromatic hydroxyl groups is 1. The third-order valence-corrected chi connectivity index (χ3v) is 5.26. The minimum Gasteiger partial charge on any atom is -0.508 e. The number of phenols is 1. The van der Waals surface area contributed by atoms with E-state index in [1.807, 2.05) is 19.1 Å². The second kappa shape index (κ2) is 4.70. The van der Waals surface area contributed by atoms with Crippen molar-refractivity contribution in [1.82, 2.24) is 0 Å². The molecule has 0 saturated carbocycles. The van der Waals surface area contributed by atoms with E-state index >= 15 is 0 Å². The van der Waals surface area contributed by atoms with Gasteiger partial charge in [0.25, 0.3) is 0 Å². The molecule has 0 fully saturated rings. The van der Waals surface area contributed by atoms with Crippen LogP contribution in [0.5, 0.6) is 23.0 Å². The number of hydrogen-bond acceptors (Lipinski definition) is 5. The van der Waals surface area contributed by atoms with Crippen LogP contribution in [0.15, 0.2) is 42.5 Å². The minimum absolute atomic E-state index is 0.0311. The van der Waals surface area contributed by atoms with Crippen molar-refractivity contribution in [3.8, 4) is 23.0 Å². The molecule has 0 aliphatic carbocycles. The summed E-state index contributed by atoms with van der Waals surface area (Å²) < 4.78 is 17.8. The second-order valence-electron chi connectivity index (χ2n) is 7.05. The SMILES string of the molecule is C=C(C)[C@H]1Cc2cc3c(cc2O1)OC[C@@]1(O)c2ccc(O)cc2O[C@@H]31. The zero-order valence-corrected chi connectivity index (χ0v) is 13.8. The van der Waals surface area contributed by atoms with E-state index in [1.54, 1.807) is 12.1 Å². The van der Waals surface area contributed by atoms with Gasteiger partial charge < -0.3 is 24.4 Å². The fourth-order valence-corrected chi connectivity index (χ4v) is 3.89. The second-order valence-corrected chi connectivity index (χ2v) is 7.05. The Morgan fingerprint density at radius 3 is 2.80 bits per heavy atom. The normalized spacial score (nSPS) is 27.9. The number of rotatable bonds is 1. The molecule has 5 rings (SSSR count). The van der Waals surface area contributed by atoms with Crippen LogP contribution >= 0.6 is 0 Å². The van der Waals surface area contributed by atoms with Crippen LogP contribution in [0.4, 0.5) is 0 Å². The third kappa shape index (κ3) is 1.93. The lowest BCUT2D eigenvalue weighted by Gasteiger charge is -2.35. The molecule has 3 aliphatic heterocycles. The monoisotopic (exact) mass is 338 g/mol. The van der Waals surface area contributed by atoms with Crippen molar-refractivity contribution in [3.63, 3.8) is 0 Å². The molecule has 3 heterocycles. The van der Waals surface area contributed by atoms with E-state index < -0.39 is 11.7 Å². The molecule has 0 spiro atoms. The first-order valence-corrected chi connectivity index (χ1v) is 8.30. The van der Waals surface area contributed by atoms with Gasteiger partial charge in [0.1, 0.15) is 35.7 Å². The molecule has 128 valence electrons. The van der Waals surface area contributed by atoms with Crippen molar-refractivity contribution in [2.75, 3.05) is 6.61 Å². The Kier molecular flexibility index (Phi) is 2.76. The van der Waals surface area contributed by atoms with Gasteiger partial charge in [-0.3, -0.25) is 0 Å². The summed E-state index contributed by atoms with van der Waals surface area (Å²) in [5.41, 5.74) is 2.21. The molecule has 2 aromatic carbocycles. The van der Waals surface area contributed by atoms with E-state index in [1.165, 1.54) is 6.07 Å². The molecule has 3 aliphatic rings. The largest absolute Gasteiger partial charge is 0.508 e. The average molecular weight is 338 g/mol. The van der Waals surface area contributed by atoms with E-state index in [9.17, 15) is 10.2 Å². The van der Waals surface area contributed by atoms with E-state index in [0.717, 1.165) is 28.9 Å². The van der Waals surface area contributed by atoms with Crippen LogP contribution in [0, 0.1) is 0 Å². The van der Waals surface area contributed by atoms with E-state index in [0.29, 0.717) is 17.1 Å². The molecule has 25 heavy (non-hydrogen) atoms. The molecule has 0 bridgehead atoms. The van der Waals surface area contributed by atoms with Gasteiger partial charge in [0.05, 0.1) is 0 Å². The van der Waals surface area contributed by atoms with Crippen LogP contribution in [0.25, 0.3) is 0 Å². The van der Waals surface area contributed by atoms with Gasteiger partial charge in [-0.25, -0.2) is 0 Å². The number of fused-ring (bicyclic) bond motifs is 6. The number of phenolic OH excluding ortho intramolecular Hbond substituents is 1. The Balaban J connectivity index is 1.59. The fourth-order valence-electron chi connectivity index (χ4n) is 3.89. The van der Waals surface area contributed by atoms with Crippen molar-refractivity contribution in [2.45, 2.75) is 31.2 Å². The summed E-state index contributed by atoms with van der Waals surface area (Å²) in [5, 5.41) is 20.9. The lowest BCUT2D eigenvalue weighted by Crippen LogP contribution is -2.41. The molecule has 0 unspecified atom stereocenters. The average Bonchev–Trinajstić information content (AvgIpc) is 3.11. The summed E-state index contributed by atoms with van der Waals surface area (Å²) in [5.74, 6) is 2.05. The van der Waals surface area contributed by atoms with Crippen LogP contribution < -0.4 is 14.2 Å². The lowest BCUT2D eigenvalue weighted by molar-refractivity contribution is -0.0864. The molecule has 0 radical (unpaired) electrons. The van der Waals surface area contributed by atoms with Crippen LogP contribution in [-0.4, -0.2) is 22.9 Å². The Hall–Kier alpha value is -2.66. The molecule has 5 nitrogen and oxygen atoms in total. The number of ether oxygens (including phenoxy) is 3. The molecular weight excluding hydrogens is 320 g/mol. The van der Waals surface area contributed by atoms with Crippen molar-refractivity contribution in [2.24, 2.45) is 0 Å². The highest BCUT2D eigenvalue weighted by Gasteiger charge is 2.53. The molecule has 5 heteroatoms. The lowest BCUT2D eigenvalue weighted by atomic mass is 9.84. The summed E-state index contributed by atoms with van der Waals surface area (Å²) in [6, 6.07) is 8.63. The summed E-state index contributed by atoms with van der Waals surface area (Å²) in [4.78, 5) is 0. The van der Waals surface area contributed by atoms with Gasteiger partial charge in [-0.2, -0.15) is 0 Å². The molecule has 0 amide bonds. The first-order valence-electron chi connectivity index (χ1n) is 8.30. The highest BCUT2D eigenvalue weighted by Crippen LogP contribution is 2.55. The Bertz CT molecular complexity index is 919. The quantitative estimate of drug-likeness (QED) is 0.783. The highest BCUT2D eigenvalue weighted by atomic mass is 16.5. The van der Waals surface area contributed by atoms with Crippen molar-refractivity contribution in [1.29, 1.82) is 0 Å². The van der Waals surface area contributed by atoms with Crippen LogP contribution in [0.1, 0.15) is 29.7 Å². The summed E-state index contributed by atoms with van der Waals surface area (Å²) in [7, 11) is 0. The third-order valence-electron chi connectivity index (χ3n) is 5.26. The maximum atomic E-state index is 11.2. The predicted molar refractivity (Wildman–Crippen MR) is 90.2 cm³/mol. The first-order chi connectivity index (χ1) is 12.0. The minimum atomic E-state index is -1.27. The molecule has 2 aromatic rings. The van der Waals surface area contributed by atoms with Gasteiger partial charge in [0.15, 0.2) is 11.7 Å². The predicted octanol–water partition coefficient (Wildman–Crippen LogP) is 2.99. The van der Waals surface area contributed by atoms with Crippen LogP contribution in [0.3, 0.4) is 0 Å². The molecule has 3 atom stereocenters. The molecular formula is C20H18O5. The van der Waals surface area contributed by atoms with Gasteiger partial charge in [0, 0.05) is 29.7 Å². The van der Waals surface area contributed by atoms with Gasteiger partial charge >= 0.3 is 0 Å². The van der Waals surface area contributed by atoms with Crippen molar-refractivity contribution in [3.05, 3.63) is 59.2 Å². The fraction of sp³-hybridized carbons (Fsp3) is 0.300. The van der Waals surface area contributed by atoms with Gasteiger partial charge in [-0.05, 0) is 36.3 Å². The van der Waals surface area contributed by atoms with Gasteiger partial charge in [0.2, 0.25) is 0 Å². The topological polar surface area (TPSA) is 68.2 Å². The highest BCUT2D eigenvalue weighted by molar-refractivity contribution is 5.56.